The first kappa shape index (κ1) is 32.2. The third-order valence-electron chi connectivity index (χ3n) is 5.50. The van der Waals surface area contributed by atoms with Gasteiger partial charge in [-0.15, -0.1) is 0 Å². The molecule has 1 atom stereocenters. The standard InChI is InChI=1S/C28H27Cl2FN4O7/c1-28(2,3)42-23(38)11-20(21(36)14-41-27(40)24-17(29)5-4-6-18(24)30)34-22(37)13-35-25(33-12-19(32)26(35)39)15-7-9-16(31)10-8-15/h4-10,12,20H,11,13-14,32H2,1-3H3,(H,34,37)/t20-/m0/s1. The highest BCUT2D eigenvalue weighted by atomic mass is 35.5. The second-order valence-electron chi connectivity index (χ2n) is 9.99. The van der Waals surface area contributed by atoms with Crippen LogP contribution >= 0.6 is 23.2 Å². The predicted octanol–water partition coefficient (Wildman–Crippen LogP) is 3.58. The molecule has 0 fully saturated rings. The molecule has 222 valence electrons. The lowest BCUT2D eigenvalue weighted by atomic mass is 10.1. The molecular weight excluding hydrogens is 594 g/mol. The molecule has 0 unspecified atom stereocenters. The molecule has 0 saturated heterocycles. The summed E-state index contributed by atoms with van der Waals surface area (Å²) in [6.07, 6.45) is 0.491. The topological polar surface area (TPSA) is 160 Å². The maximum Gasteiger partial charge on any atom is 0.341 e. The van der Waals surface area contributed by atoms with Crippen LogP contribution in [0.25, 0.3) is 11.4 Å². The first-order chi connectivity index (χ1) is 19.7. The molecule has 1 aromatic heterocycles. The fourth-order valence-electron chi connectivity index (χ4n) is 3.66. The Hall–Kier alpha value is -4.29. The van der Waals surface area contributed by atoms with Crippen LogP contribution in [-0.4, -0.2) is 51.4 Å². The lowest BCUT2D eigenvalue weighted by molar-refractivity contribution is -0.156. The average Bonchev–Trinajstić information content (AvgIpc) is 2.89. The van der Waals surface area contributed by atoms with Crippen LogP contribution in [0.15, 0.2) is 53.5 Å². The van der Waals surface area contributed by atoms with Gasteiger partial charge in [0.25, 0.3) is 5.56 Å². The van der Waals surface area contributed by atoms with Gasteiger partial charge in [0, 0.05) is 5.56 Å². The van der Waals surface area contributed by atoms with Crippen molar-refractivity contribution in [2.45, 2.75) is 45.4 Å². The van der Waals surface area contributed by atoms with E-state index in [0.717, 1.165) is 22.9 Å². The third kappa shape index (κ3) is 8.60. The van der Waals surface area contributed by atoms with E-state index < -0.39 is 66.2 Å². The molecule has 0 radical (unpaired) electrons. The number of rotatable bonds is 10. The number of nitrogens with zero attached hydrogens (tertiary/aromatic N) is 2. The van der Waals surface area contributed by atoms with Crippen molar-refractivity contribution < 1.29 is 33.0 Å². The van der Waals surface area contributed by atoms with Gasteiger partial charge in [0.1, 0.15) is 35.5 Å². The normalized spacial score (nSPS) is 11.9. The van der Waals surface area contributed by atoms with Crippen molar-refractivity contribution in [3.63, 3.8) is 0 Å². The number of nitrogens with one attached hydrogen (secondary N) is 1. The van der Waals surface area contributed by atoms with Crippen molar-refractivity contribution >= 4 is 52.5 Å². The number of hydrogen-bond acceptors (Lipinski definition) is 9. The minimum absolute atomic E-state index is 0.00305. The summed E-state index contributed by atoms with van der Waals surface area (Å²) in [6, 6.07) is 7.83. The third-order valence-corrected chi connectivity index (χ3v) is 6.13. The second-order valence-corrected chi connectivity index (χ2v) is 10.8. The number of esters is 2. The number of halogens is 3. The van der Waals surface area contributed by atoms with Crippen LogP contribution in [0.4, 0.5) is 10.1 Å². The van der Waals surface area contributed by atoms with Crippen LogP contribution in [0.3, 0.4) is 0 Å². The Bertz CT molecular complexity index is 1550. The van der Waals surface area contributed by atoms with Crippen LogP contribution in [-0.2, 0) is 30.4 Å². The van der Waals surface area contributed by atoms with E-state index in [-0.39, 0.29) is 27.1 Å². The summed E-state index contributed by atoms with van der Waals surface area (Å²) < 4.78 is 24.7. The maximum absolute atomic E-state index is 13.4. The number of ether oxygens (including phenoxy) is 2. The van der Waals surface area contributed by atoms with Crippen molar-refractivity contribution in [2.24, 2.45) is 0 Å². The van der Waals surface area contributed by atoms with E-state index >= 15 is 0 Å². The molecule has 3 rings (SSSR count). The number of benzene rings is 2. The molecule has 3 aromatic rings. The summed E-state index contributed by atoms with van der Waals surface area (Å²) in [5, 5.41) is 2.38. The molecule has 0 bridgehead atoms. The van der Waals surface area contributed by atoms with Gasteiger partial charge in [-0.1, -0.05) is 29.3 Å². The molecule has 0 aliphatic heterocycles. The van der Waals surface area contributed by atoms with E-state index in [1.54, 1.807) is 20.8 Å². The Balaban J connectivity index is 1.83. The first-order valence-electron chi connectivity index (χ1n) is 12.4. The summed E-state index contributed by atoms with van der Waals surface area (Å²) in [6.45, 7) is 3.33. The van der Waals surface area contributed by atoms with Crippen molar-refractivity contribution in [1.82, 2.24) is 14.9 Å². The molecule has 1 amide bonds. The van der Waals surface area contributed by atoms with Crippen LogP contribution in [0.1, 0.15) is 37.6 Å². The Morgan fingerprint density at radius 3 is 2.29 bits per heavy atom. The molecule has 42 heavy (non-hydrogen) atoms. The van der Waals surface area contributed by atoms with Crippen molar-refractivity contribution in [1.29, 1.82) is 0 Å². The molecular formula is C28H27Cl2FN4O7. The van der Waals surface area contributed by atoms with Gasteiger partial charge >= 0.3 is 11.9 Å². The van der Waals surface area contributed by atoms with E-state index in [1.807, 2.05) is 0 Å². The maximum atomic E-state index is 13.4. The molecule has 0 saturated carbocycles. The largest absolute Gasteiger partial charge is 0.460 e. The smallest absolute Gasteiger partial charge is 0.341 e. The molecule has 3 N–H and O–H groups in total. The number of carbonyl (C=O) groups is 4. The summed E-state index contributed by atoms with van der Waals surface area (Å²) in [5.74, 6) is -4.08. The van der Waals surface area contributed by atoms with Gasteiger partial charge in [0.2, 0.25) is 5.91 Å². The van der Waals surface area contributed by atoms with Gasteiger partial charge in [-0.2, -0.15) is 0 Å². The van der Waals surface area contributed by atoms with Gasteiger partial charge < -0.3 is 20.5 Å². The summed E-state index contributed by atoms with van der Waals surface area (Å²) >= 11 is 12.0. The minimum atomic E-state index is -1.51. The number of hydrogen-bond donors (Lipinski definition) is 2. The van der Waals surface area contributed by atoms with Crippen LogP contribution in [0.5, 0.6) is 0 Å². The number of nitrogen functional groups attached to an aromatic ring is 1. The van der Waals surface area contributed by atoms with Crippen molar-refractivity contribution in [2.75, 3.05) is 12.3 Å². The Morgan fingerprint density at radius 1 is 1.07 bits per heavy atom. The van der Waals surface area contributed by atoms with Gasteiger partial charge in [-0.25, -0.2) is 14.2 Å². The monoisotopic (exact) mass is 620 g/mol. The lowest BCUT2D eigenvalue weighted by Crippen LogP contribution is -2.47. The van der Waals surface area contributed by atoms with Crippen molar-refractivity contribution in [3.8, 4) is 11.4 Å². The van der Waals surface area contributed by atoms with Crippen LogP contribution in [0.2, 0.25) is 10.0 Å². The predicted molar refractivity (Wildman–Crippen MR) is 152 cm³/mol. The summed E-state index contributed by atoms with van der Waals surface area (Å²) in [7, 11) is 0. The van der Waals surface area contributed by atoms with Gasteiger partial charge in [-0.3, -0.25) is 23.7 Å². The molecule has 14 heteroatoms. The number of Topliss-reactive ketones (excluding diaryl/α,β-unsaturated/α-hetero) is 1. The SMILES string of the molecule is CC(C)(C)OC(=O)C[C@H](NC(=O)Cn1c(-c2ccc(F)cc2)ncc(N)c1=O)C(=O)COC(=O)c1c(Cl)cccc1Cl. The van der Waals surface area contributed by atoms with Crippen LogP contribution < -0.4 is 16.6 Å². The number of carbonyl (C=O) groups excluding carboxylic acids is 4. The van der Waals surface area contributed by atoms with E-state index in [4.69, 9.17) is 38.4 Å². The lowest BCUT2D eigenvalue weighted by Gasteiger charge is -2.23. The molecule has 0 aliphatic carbocycles. The fraction of sp³-hybridized carbons (Fsp3) is 0.286. The highest BCUT2D eigenvalue weighted by Gasteiger charge is 2.29. The molecule has 0 aliphatic rings. The van der Waals surface area contributed by atoms with E-state index in [0.29, 0.717) is 5.56 Å². The minimum Gasteiger partial charge on any atom is -0.460 e. The van der Waals surface area contributed by atoms with E-state index in [1.165, 1.54) is 30.3 Å². The summed E-state index contributed by atoms with van der Waals surface area (Å²) in [4.78, 5) is 68.2. The first-order valence-corrected chi connectivity index (χ1v) is 13.2. The van der Waals surface area contributed by atoms with Gasteiger partial charge in [0.15, 0.2) is 12.4 Å². The Morgan fingerprint density at radius 2 is 1.69 bits per heavy atom. The highest BCUT2D eigenvalue weighted by Crippen LogP contribution is 2.25. The number of aromatic nitrogens is 2. The number of ketones is 1. The molecule has 1 heterocycles. The quantitative estimate of drug-likeness (QED) is 0.323. The number of anilines is 1. The summed E-state index contributed by atoms with van der Waals surface area (Å²) in [5.41, 5.74) is 3.93. The van der Waals surface area contributed by atoms with Gasteiger partial charge in [-0.05, 0) is 57.2 Å². The number of amides is 1. The van der Waals surface area contributed by atoms with Crippen LogP contribution in [0, 0.1) is 5.82 Å². The fourth-order valence-corrected chi connectivity index (χ4v) is 4.22. The number of nitrogens with two attached hydrogens (primary N) is 1. The zero-order valence-electron chi connectivity index (χ0n) is 22.8. The van der Waals surface area contributed by atoms with E-state index in [9.17, 15) is 28.4 Å². The van der Waals surface area contributed by atoms with Gasteiger partial charge in [0.05, 0.1) is 28.2 Å². The van der Waals surface area contributed by atoms with E-state index in [2.05, 4.69) is 10.3 Å². The highest BCUT2D eigenvalue weighted by molar-refractivity contribution is 6.39. The zero-order chi connectivity index (χ0) is 31.2. The molecule has 2 aromatic carbocycles. The molecule has 0 spiro atoms. The average molecular weight is 621 g/mol. The second kappa shape index (κ2) is 13.6. The Kier molecular flexibility index (Phi) is 10.4. The molecule has 11 nitrogen and oxygen atoms in total. The van der Waals surface area contributed by atoms with Crippen molar-refractivity contribution in [3.05, 3.63) is 80.4 Å². The zero-order valence-corrected chi connectivity index (χ0v) is 24.3. The Labute approximate surface area is 249 Å².